The molecule has 2 aromatic rings. The highest BCUT2D eigenvalue weighted by molar-refractivity contribution is 5.79. The standard InChI is InChI=1S/C25H37N3O4/c1-5-19-10-12-20(13-11-19)25-27-22(18(4)32-25)17-28-14-8-9-21(16-28)24(29)26-15-23(30-6-2)31-7-3/h10-13,21,23H,5-9,14-17H2,1-4H3,(H,26,29)/t21-/m0/s1. The van der Waals surface area contributed by atoms with Gasteiger partial charge in [-0.15, -0.1) is 0 Å². The van der Waals surface area contributed by atoms with Crippen LogP contribution in [0.25, 0.3) is 11.5 Å². The van der Waals surface area contributed by atoms with Crippen LogP contribution >= 0.6 is 0 Å². The number of oxazole rings is 1. The van der Waals surface area contributed by atoms with Gasteiger partial charge in [0, 0.05) is 31.9 Å². The number of aromatic nitrogens is 1. The van der Waals surface area contributed by atoms with Gasteiger partial charge in [-0.2, -0.15) is 0 Å². The maximum absolute atomic E-state index is 12.7. The monoisotopic (exact) mass is 443 g/mol. The van der Waals surface area contributed by atoms with Gasteiger partial charge < -0.3 is 19.2 Å². The van der Waals surface area contributed by atoms with Crippen molar-refractivity contribution < 1.29 is 18.7 Å². The Kier molecular flexibility index (Phi) is 9.26. The Bertz CT molecular complexity index is 843. The van der Waals surface area contributed by atoms with Crippen molar-refractivity contribution >= 4 is 5.91 Å². The van der Waals surface area contributed by atoms with Crippen LogP contribution in [0.4, 0.5) is 0 Å². The topological polar surface area (TPSA) is 76.8 Å². The third-order valence-corrected chi connectivity index (χ3v) is 5.90. The van der Waals surface area contributed by atoms with E-state index in [4.69, 9.17) is 18.9 Å². The van der Waals surface area contributed by atoms with Crippen LogP contribution in [0.15, 0.2) is 28.7 Å². The third kappa shape index (κ3) is 6.64. The molecule has 1 aromatic heterocycles. The Balaban J connectivity index is 1.56. The first-order valence-corrected chi connectivity index (χ1v) is 11.8. The molecule has 0 bridgehead atoms. The molecule has 1 aromatic carbocycles. The second-order valence-electron chi connectivity index (χ2n) is 8.23. The molecule has 1 atom stereocenters. The number of nitrogens with zero attached hydrogens (tertiary/aromatic N) is 2. The van der Waals surface area contributed by atoms with Crippen molar-refractivity contribution in [2.45, 2.75) is 59.8 Å². The Morgan fingerprint density at radius 1 is 1.22 bits per heavy atom. The summed E-state index contributed by atoms with van der Waals surface area (Å²) in [5.74, 6) is 1.51. The average Bonchev–Trinajstić information content (AvgIpc) is 3.17. The summed E-state index contributed by atoms with van der Waals surface area (Å²) in [6.45, 7) is 11.8. The summed E-state index contributed by atoms with van der Waals surface area (Å²) in [6, 6.07) is 8.36. The molecule has 1 N–H and O–H groups in total. The van der Waals surface area contributed by atoms with Crippen LogP contribution < -0.4 is 5.32 Å². The molecule has 7 nitrogen and oxygen atoms in total. The molecular weight excluding hydrogens is 406 g/mol. The number of rotatable bonds is 11. The van der Waals surface area contributed by atoms with E-state index in [1.54, 1.807) is 0 Å². The van der Waals surface area contributed by atoms with Gasteiger partial charge in [-0.1, -0.05) is 19.1 Å². The first kappa shape index (κ1) is 24.4. The fourth-order valence-electron chi connectivity index (χ4n) is 4.07. The van der Waals surface area contributed by atoms with Gasteiger partial charge in [0.05, 0.1) is 18.2 Å². The Labute approximate surface area is 191 Å². The van der Waals surface area contributed by atoms with Crippen LogP contribution in [-0.2, 0) is 27.2 Å². The zero-order chi connectivity index (χ0) is 22.9. The average molecular weight is 444 g/mol. The number of hydrogen-bond acceptors (Lipinski definition) is 6. The van der Waals surface area contributed by atoms with E-state index in [9.17, 15) is 4.79 Å². The molecule has 0 aliphatic carbocycles. The molecule has 1 fully saturated rings. The highest BCUT2D eigenvalue weighted by Crippen LogP contribution is 2.25. The second kappa shape index (κ2) is 12.1. The zero-order valence-electron chi connectivity index (χ0n) is 19.9. The smallest absolute Gasteiger partial charge is 0.226 e. The lowest BCUT2D eigenvalue weighted by atomic mass is 9.97. The van der Waals surface area contributed by atoms with Crippen molar-refractivity contribution in [1.29, 1.82) is 0 Å². The number of ether oxygens (including phenoxy) is 2. The van der Waals surface area contributed by atoms with Crippen LogP contribution in [0.3, 0.4) is 0 Å². The van der Waals surface area contributed by atoms with E-state index in [1.807, 2.05) is 20.8 Å². The predicted octanol–water partition coefficient (Wildman–Crippen LogP) is 3.94. The molecule has 0 spiro atoms. The summed E-state index contributed by atoms with van der Waals surface area (Å²) in [5.41, 5.74) is 3.22. The van der Waals surface area contributed by atoms with Gasteiger partial charge in [0.25, 0.3) is 0 Å². The molecule has 0 radical (unpaired) electrons. The number of nitrogens with one attached hydrogen (secondary N) is 1. The molecule has 0 unspecified atom stereocenters. The van der Waals surface area contributed by atoms with Crippen LogP contribution in [0.5, 0.6) is 0 Å². The van der Waals surface area contributed by atoms with Gasteiger partial charge in [0.2, 0.25) is 11.8 Å². The number of aryl methyl sites for hydroxylation is 2. The maximum Gasteiger partial charge on any atom is 0.226 e. The molecule has 176 valence electrons. The molecule has 1 amide bonds. The number of benzene rings is 1. The molecule has 7 heteroatoms. The van der Waals surface area contributed by atoms with E-state index >= 15 is 0 Å². The van der Waals surface area contributed by atoms with E-state index in [-0.39, 0.29) is 11.8 Å². The third-order valence-electron chi connectivity index (χ3n) is 5.90. The van der Waals surface area contributed by atoms with Crippen molar-refractivity contribution in [3.05, 3.63) is 41.3 Å². The van der Waals surface area contributed by atoms with Crippen LogP contribution in [0.1, 0.15) is 50.6 Å². The SMILES string of the molecule is CCOC(CNC(=O)[C@H]1CCCN(Cc2nc(-c3ccc(CC)cc3)oc2C)C1)OCC. The van der Waals surface area contributed by atoms with Crippen molar-refractivity contribution in [3.8, 4) is 11.5 Å². The molecule has 1 saturated heterocycles. The van der Waals surface area contributed by atoms with Crippen LogP contribution in [-0.4, -0.2) is 54.9 Å². The van der Waals surface area contributed by atoms with E-state index in [2.05, 4.69) is 41.4 Å². The number of carbonyl (C=O) groups excluding carboxylic acids is 1. The summed E-state index contributed by atoms with van der Waals surface area (Å²) in [7, 11) is 0. The number of piperidine rings is 1. The van der Waals surface area contributed by atoms with E-state index in [0.29, 0.717) is 38.7 Å². The lowest BCUT2D eigenvalue weighted by Crippen LogP contribution is -2.45. The normalized spacial score (nSPS) is 17.1. The van der Waals surface area contributed by atoms with Gasteiger partial charge in [-0.3, -0.25) is 9.69 Å². The lowest BCUT2D eigenvalue weighted by molar-refractivity contribution is -0.143. The molecule has 3 rings (SSSR count). The van der Waals surface area contributed by atoms with Gasteiger partial charge in [-0.25, -0.2) is 4.98 Å². The Morgan fingerprint density at radius 3 is 2.59 bits per heavy atom. The zero-order valence-corrected chi connectivity index (χ0v) is 19.9. The molecule has 1 aliphatic heterocycles. The summed E-state index contributed by atoms with van der Waals surface area (Å²) in [5, 5.41) is 3.00. The first-order valence-electron chi connectivity index (χ1n) is 11.8. The summed E-state index contributed by atoms with van der Waals surface area (Å²) < 4.78 is 17.0. The summed E-state index contributed by atoms with van der Waals surface area (Å²) >= 11 is 0. The van der Waals surface area contributed by atoms with Gasteiger partial charge in [-0.05, 0) is 64.3 Å². The number of carbonyl (C=O) groups is 1. The minimum Gasteiger partial charge on any atom is -0.441 e. The number of amides is 1. The largest absolute Gasteiger partial charge is 0.441 e. The highest BCUT2D eigenvalue weighted by atomic mass is 16.7. The highest BCUT2D eigenvalue weighted by Gasteiger charge is 2.27. The minimum absolute atomic E-state index is 0.0408. The van der Waals surface area contributed by atoms with Gasteiger partial charge in [0.15, 0.2) is 6.29 Å². The first-order chi connectivity index (χ1) is 15.5. The van der Waals surface area contributed by atoms with Gasteiger partial charge in [0.1, 0.15) is 5.76 Å². The van der Waals surface area contributed by atoms with Crippen LogP contribution in [0, 0.1) is 12.8 Å². The van der Waals surface area contributed by atoms with E-state index in [0.717, 1.165) is 42.8 Å². The Hall–Kier alpha value is -2.22. The number of likely N-dealkylation sites (tertiary alicyclic amines) is 1. The van der Waals surface area contributed by atoms with E-state index < -0.39 is 6.29 Å². The van der Waals surface area contributed by atoms with Crippen molar-refractivity contribution in [2.75, 3.05) is 32.8 Å². The molecule has 0 saturated carbocycles. The molecule has 2 heterocycles. The number of hydrogen-bond donors (Lipinski definition) is 1. The van der Waals surface area contributed by atoms with Crippen molar-refractivity contribution in [1.82, 2.24) is 15.2 Å². The fraction of sp³-hybridized carbons (Fsp3) is 0.600. The van der Waals surface area contributed by atoms with E-state index in [1.165, 1.54) is 5.56 Å². The Morgan fingerprint density at radius 2 is 1.94 bits per heavy atom. The fourth-order valence-corrected chi connectivity index (χ4v) is 4.07. The molecule has 32 heavy (non-hydrogen) atoms. The second-order valence-corrected chi connectivity index (χ2v) is 8.23. The minimum atomic E-state index is -0.392. The molecule has 1 aliphatic rings. The quantitative estimate of drug-likeness (QED) is 0.530. The summed E-state index contributed by atoms with van der Waals surface area (Å²) in [6.07, 6.45) is 2.50. The lowest BCUT2D eigenvalue weighted by Gasteiger charge is -2.31. The van der Waals surface area contributed by atoms with Gasteiger partial charge >= 0.3 is 0 Å². The maximum atomic E-state index is 12.7. The van der Waals surface area contributed by atoms with Crippen molar-refractivity contribution in [3.63, 3.8) is 0 Å². The molecular formula is C25H37N3O4. The van der Waals surface area contributed by atoms with Crippen LogP contribution in [0.2, 0.25) is 0 Å². The summed E-state index contributed by atoms with van der Waals surface area (Å²) in [4.78, 5) is 19.8. The van der Waals surface area contributed by atoms with Crippen molar-refractivity contribution in [2.24, 2.45) is 5.92 Å². The predicted molar refractivity (Wildman–Crippen MR) is 124 cm³/mol.